The Balaban J connectivity index is 2.83. The molecule has 0 aliphatic rings. The van der Waals surface area contributed by atoms with E-state index < -0.39 is 0 Å². The van der Waals surface area contributed by atoms with Crippen LogP contribution in [0.5, 0.6) is 5.75 Å². The van der Waals surface area contributed by atoms with Crippen molar-refractivity contribution in [1.82, 2.24) is 0 Å². The van der Waals surface area contributed by atoms with Crippen molar-refractivity contribution in [3.8, 4) is 5.75 Å². The monoisotopic (exact) mass is 246 g/mol. The van der Waals surface area contributed by atoms with Crippen LogP contribution < -0.4 is 4.74 Å². The first-order valence-electron chi connectivity index (χ1n) is 6.66. The summed E-state index contributed by atoms with van der Waals surface area (Å²) in [5.41, 5.74) is 1.73. The third-order valence-electron chi connectivity index (χ3n) is 3.84. The van der Waals surface area contributed by atoms with Crippen molar-refractivity contribution in [3.05, 3.63) is 29.8 Å². The summed E-state index contributed by atoms with van der Waals surface area (Å²) in [5, 5.41) is 0. The molecule has 0 fully saturated rings. The van der Waals surface area contributed by atoms with Gasteiger partial charge in [-0.2, -0.15) is 0 Å². The van der Waals surface area contributed by atoms with Gasteiger partial charge in [-0.15, -0.1) is 0 Å². The Morgan fingerprint density at radius 1 is 1.18 bits per heavy atom. The summed E-state index contributed by atoms with van der Waals surface area (Å²) in [6.07, 6.45) is 3.73. The molecule has 0 aromatic heterocycles. The van der Waals surface area contributed by atoms with Crippen LogP contribution in [0.25, 0.3) is 0 Å². The van der Waals surface area contributed by atoms with Crippen LogP contribution in [0.2, 0.25) is 0 Å². The van der Waals surface area contributed by atoms with Crippen LogP contribution in [0.15, 0.2) is 24.3 Å². The van der Waals surface area contributed by atoms with Gasteiger partial charge in [-0.1, -0.05) is 46.2 Å². The number of hydrogen-bond donors (Lipinski definition) is 0. The fourth-order valence-electron chi connectivity index (χ4n) is 2.13. The minimum Gasteiger partial charge on any atom is -0.497 e. The Morgan fingerprint density at radius 2 is 1.76 bits per heavy atom. The molecule has 0 amide bonds. The number of methoxy groups -OCH3 is 1. The van der Waals surface area contributed by atoms with Crippen LogP contribution in [0, 0.1) is 5.92 Å². The zero-order valence-electron chi connectivity index (χ0n) is 11.9. The van der Waals surface area contributed by atoms with Gasteiger partial charge in [0.15, 0.2) is 0 Å². The molecular formula is C16H26O. The lowest BCUT2D eigenvalue weighted by Crippen LogP contribution is -2.21. The fourth-order valence-corrected chi connectivity index (χ4v) is 2.13. The Bertz CT molecular complexity index is 326. The highest BCUT2D eigenvalue weighted by Gasteiger charge is 2.24. The molecule has 1 rings (SSSR count). The maximum absolute atomic E-state index is 5.21. The second kappa shape index (κ2) is 6.09. The second-order valence-electron chi connectivity index (χ2n) is 5.58. The Hall–Kier alpha value is -0.980. The molecule has 0 radical (unpaired) electrons. The van der Waals surface area contributed by atoms with E-state index in [0.717, 1.165) is 11.7 Å². The van der Waals surface area contributed by atoms with E-state index in [9.17, 15) is 0 Å². The minimum atomic E-state index is 0.302. The molecule has 0 bridgehead atoms. The average Bonchev–Trinajstić information content (AvgIpc) is 2.36. The maximum Gasteiger partial charge on any atom is 0.118 e. The molecule has 1 heteroatoms. The van der Waals surface area contributed by atoms with E-state index in [4.69, 9.17) is 4.74 Å². The topological polar surface area (TPSA) is 9.23 Å². The van der Waals surface area contributed by atoms with Gasteiger partial charge in [0, 0.05) is 0 Å². The van der Waals surface area contributed by atoms with Gasteiger partial charge in [-0.3, -0.25) is 0 Å². The highest BCUT2D eigenvalue weighted by atomic mass is 16.7. The first-order valence-corrected chi connectivity index (χ1v) is 6.66. The highest BCUT2D eigenvalue weighted by Crippen LogP contribution is 2.34. The van der Waals surface area contributed by atoms with Crippen molar-refractivity contribution in [1.29, 1.82) is 0 Å². The van der Waals surface area contributed by atoms with Gasteiger partial charge in [0.1, 0.15) is 5.75 Å². The highest BCUT2D eigenvalue weighted by molar-refractivity contribution is 5.31. The molecule has 1 atom stereocenters. The predicted octanol–water partition coefficient (Wildman–Crippen LogP) is 4.80. The molecule has 17 heavy (non-hydrogen) atoms. The third-order valence-corrected chi connectivity index (χ3v) is 3.84. The largest absolute Gasteiger partial charge is 0.497 e. The van der Waals surface area contributed by atoms with Crippen molar-refractivity contribution in [2.75, 3.05) is 7.11 Å². The predicted molar refractivity (Wildman–Crippen MR) is 74.7 cm³/mol. The lowest BCUT2D eigenvalue weighted by Gasteiger charge is -2.30. The molecule has 1 nitrogen and oxygen atoms in total. The van der Waals surface area contributed by atoms with Crippen molar-refractivity contribution >= 4 is 0 Å². The molecule has 0 spiro atoms. The van der Waals surface area contributed by atoms with E-state index in [2.05, 4.69) is 52.0 Å². The zero-order chi connectivity index (χ0) is 12.9. The molecule has 0 N–H and O–H groups in total. The third kappa shape index (κ3) is 3.76. The number of rotatable bonds is 6. The van der Waals surface area contributed by atoms with Crippen molar-refractivity contribution in [2.24, 2.45) is 5.92 Å². The standard InChI is InChI=1S/C16H26O/c1-6-16(4,12-11-13(2)3)14-7-9-15(17-5)10-8-14/h7-10,13H,6,11-12H2,1-5H3/i7+2,8+2,9+2,10+2,14+2,15+2. The van der Waals surface area contributed by atoms with Gasteiger partial charge >= 0.3 is 0 Å². The summed E-state index contributed by atoms with van der Waals surface area (Å²) in [4.78, 5) is 0. The van der Waals surface area contributed by atoms with Crippen molar-refractivity contribution in [2.45, 2.75) is 52.4 Å². The van der Waals surface area contributed by atoms with Gasteiger partial charge < -0.3 is 4.74 Å². The number of ether oxygens (including phenoxy) is 1. The van der Waals surface area contributed by atoms with Crippen molar-refractivity contribution < 1.29 is 4.74 Å². The first-order chi connectivity index (χ1) is 8.01. The molecule has 0 heterocycles. The normalized spacial score (nSPS) is 14.7. The van der Waals surface area contributed by atoms with Gasteiger partial charge in [0.25, 0.3) is 0 Å². The van der Waals surface area contributed by atoms with Gasteiger partial charge in [0.2, 0.25) is 0 Å². The van der Waals surface area contributed by atoms with E-state index in [1.54, 1.807) is 7.11 Å². The molecule has 1 unspecified atom stereocenters. The van der Waals surface area contributed by atoms with Crippen molar-refractivity contribution in [3.63, 3.8) is 0 Å². The summed E-state index contributed by atoms with van der Waals surface area (Å²) >= 11 is 0. The van der Waals surface area contributed by atoms with E-state index in [1.807, 2.05) is 0 Å². The van der Waals surface area contributed by atoms with Crippen LogP contribution in [-0.4, -0.2) is 7.11 Å². The summed E-state index contributed by atoms with van der Waals surface area (Å²) in [6, 6.07) is 8.56. The maximum atomic E-state index is 5.21. The fraction of sp³-hybridized carbons (Fsp3) is 0.625. The molecule has 96 valence electrons. The van der Waals surface area contributed by atoms with Crippen LogP contribution >= 0.6 is 0 Å². The molecule has 1 aromatic rings. The van der Waals surface area contributed by atoms with E-state index in [-0.39, 0.29) is 0 Å². The molecule has 1 aromatic carbocycles. The van der Waals surface area contributed by atoms with Gasteiger partial charge in [-0.25, -0.2) is 0 Å². The van der Waals surface area contributed by atoms with E-state index in [1.165, 1.54) is 24.8 Å². The SMILES string of the molecule is CCC(C)(CCC(C)C)[14c]1[14cH][14cH][14c](OC)[14cH][14cH]1. The Kier molecular flexibility index (Phi) is 5.04. The van der Waals surface area contributed by atoms with Gasteiger partial charge in [-0.05, 0) is 41.9 Å². The summed E-state index contributed by atoms with van der Waals surface area (Å²) in [5.74, 6) is 1.72. The van der Waals surface area contributed by atoms with Crippen LogP contribution in [-0.2, 0) is 5.41 Å². The molecule has 0 saturated heterocycles. The summed E-state index contributed by atoms with van der Waals surface area (Å²) in [6.45, 7) is 9.25. The van der Waals surface area contributed by atoms with Gasteiger partial charge in [0.05, 0.1) is 7.11 Å². The quantitative estimate of drug-likeness (QED) is 0.700. The van der Waals surface area contributed by atoms with Crippen LogP contribution in [0.1, 0.15) is 52.5 Å². The van der Waals surface area contributed by atoms with E-state index in [0.29, 0.717) is 5.41 Å². The van der Waals surface area contributed by atoms with Crippen LogP contribution in [0.4, 0.5) is 0 Å². The Labute approximate surface area is 106 Å². The Morgan fingerprint density at radius 3 is 2.18 bits per heavy atom. The number of benzene rings is 1. The lowest BCUT2D eigenvalue weighted by molar-refractivity contribution is 0.372. The smallest absolute Gasteiger partial charge is 0.118 e. The minimum absolute atomic E-state index is 0.302. The molecule has 0 aliphatic carbocycles. The first kappa shape index (κ1) is 14.1. The molecule has 0 saturated carbocycles. The summed E-state index contributed by atoms with van der Waals surface area (Å²) < 4.78 is 5.21. The zero-order valence-corrected chi connectivity index (χ0v) is 11.9. The average molecular weight is 246 g/mol. The lowest BCUT2D eigenvalue weighted by atomic mass is 9.90. The number of hydrogen-bond acceptors (Lipinski definition) is 1. The second-order valence-corrected chi connectivity index (χ2v) is 5.58. The van der Waals surface area contributed by atoms with Crippen LogP contribution in [0.3, 0.4) is 0 Å². The van der Waals surface area contributed by atoms with E-state index >= 15 is 0 Å². The summed E-state index contributed by atoms with van der Waals surface area (Å²) in [7, 11) is 1.72. The molecule has 0 aliphatic heterocycles. The molecular weight excluding hydrogens is 220 g/mol.